The van der Waals surface area contributed by atoms with Gasteiger partial charge in [-0.2, -0.15) is 0 Å². The van der Waals surface area contributed by atoms with E-state index < -0.39 is 40.7 Å². The molecule has 1 aromatic rings. The molecule has 0 saturated carbocycles. The SMILES string of the molecule is CC[C@@H](CO)N1C(=O)[C@@H]2[C@@H](C(=O)NCc3ccccc3)[C@]3(C)OC2(CC3C)C1C(=O)NC(C)(C)C. The molecule has 35 heavy (non-hydrogen) atoms. The summed E-state index contributed by atoms with van der Waals surface area (Å²) in [4.78, 5) is 42.9. The van der Waals surface area contributed by atoms with Crippen LogP contribution in [0.1, 0.15) is 59.9 Å². The van der Waals surface area contributed by atoms with Gasteiger partial charge in [-0.25, -0.2) is 0 Å². The molecule has 8 heteroatoms. The first kappa shape index (κ1) is 25.6. The number of hydrogen-bond donors (Lipinski definition) is 3. The monoisotopic (exact) mass is 485 g/mol. The normalized spacial score (nSPS) is 34.6. The summed E-state index contributed by atoms with van der Waals surface area (Å²) in [5.41, 5.74) is -1.53. The van der Waals surface area contributed by atoms with Crippen LogP contribution in [-0.4, -0.2) is 63.2 Å². The zero-order chi connectivity index (χ0) is 25.8. The van der Waals surface area contributed by atoms with Crippen molar-refractivity contribution in [3.05, 3.63) is 35.9 Å². The summed E-state index contributed by atoms with van der Waals surface area (Å²) in [6.07, 6.45) is 0.991. The lowest BCUT2D eigenvalue weighted by atomic mass is 9.62. The predicted octanol–water partition coefficient (Wildman–Crippen LogP) is 2.00. The predicted molar refractivity (Wildman–Crippen MR) is 131 cm³/mol. The molecule has 1 spiro atoms. The Bertz CT molecular complexity index is 988. The van der Waals surface area contributed by atoms with Gasteiger partial charge < -0.3 is 25.4 Å². The topological polar surface area (TPSA) is 108 Å². The molecule has 4 rings (SSSR count). The molecule has 3 amide bonds. The minimum absolute atomic E-state index is 0.0295. The van der Waals surface area contributed by atoms with Gasteiger partial charge in [-0.15, -0.1) is 0 Å². The number of benzene rings is 1. The van der Waals surface area contributed by atoms with E-state index >= 15 is 0 Å². The Kier molecular flexibility index (Phi) is 6.51. The fourth-order valence-electron chi connectivity index (χ4n) is 6.52. The van der Waals surface area contributed by atoms with E-state index in [1.807, 2.05) is 71.9 Å². The van der Waals surface area contributed by atoms with Crippen LogP contribution in [0.15, 0.2) is 30.3 Å². The third kappa shape index (κ3) is 4.04. The van der Waals surface area contributed by atoms with Gasteiger partial charge in [0.25, 0.3) is 0 Å². The van der Waals surface area contributed by atoms with Crippen LogP contribution in [0, 0.1) is 17.8 Å². The standard InChI is InChI=1S/C27H39N3O5/c1-7-18(15-31)30-21(23(33)29-25(3,4)5)27-13-16(2)26(6,35-27)19(20(27)24(30)34)22(32)28-14-17-11-9-8-10-12-17/h8-12,16,18-21,31H,7,13-15H2,1-6H3,(H,28,32)(H,29,33)/t16?,18-,19-,20-,21?,26+,27?/m0/s1. The molecule has 192 valence electrons. The van der Waals surface area contributed by atoms with Crippen molar-refractivity contribution in [3.63, 3.8) is 0 Å². The highest BCUT2D eigenvalue weighted by Gasteiger charge is 2.80. The molecule has 3 heterocycles. The first-order chi connectivity index (χ1) is 16.4. The number of carbonyl (C=O) groups is 3. The Morgan fingerprint density at radius 1 is 1.23 bits per heavy atom. The highest BCUT2D eigenvalue weighted by atomic mass is 16.5. The number of hydrogen-bond acceptors (Lipinski definition) is 5. The van der Waals surface area contributed by atoms with Crippen molar-refractivity contribution in [3.8, 4) is 0 Å². The van der Waals surface area contributed by atoms with Crippen LogP contribution in [0.25, 0.3) is 0 Å². The Morgan fingerprint density at radius 2 is 1.89 bits per heavy atom. The van der Waals surface area contributed by atoms with Crippen LogP contribution in [0.3, 0.4) is 0 Å². The Morgan fingerprint density at radius 3 is 2.46 bits per heavy atom. The molecule has 3 aliphatic rings. The average Bonchev–Trinajstić information content (AvgIpc) is 3.30. The Balaban J connectivity index is 1.73. The van der Waals surface area contributed by atoms with Crippen molar-refractivity contribution in [2.45, 2.75) is 89.8 Å². The van der Waals surface area contributed by atoms with Crippen LogP contribution in [0.2, 0.25) is 0 Å². The molecular formula is C27H39N3O5. The molecule has 7 atom stereocenters. The van der Waals surface area contributed by atoms with Crippen molar-refractivity contribution in [2.75, 3.05) is 6.61 Å². The van der Waals surface area contributed by atoms with Crippen molar-refractivity contribution in [1.82, 2.24) is 15.5 Å². The number of aliphatic hydroxyl groups is 1. The lowest BCUT2D eigenvalue weighted by Crippen LogP contribution is -2.60. The number of nitrogens with one attached hydrogen (secondary N) is 2. The van der Waals surface area contributed by atoms with Gasteiger partial charge in [0.05, 0.1) is 30.1 Å². The summed E-state index contributed by atoms with van der Waals surface area (Å²) < 4.78 is 6.69. The molecule has 3 unspecified atom stereocenters. The molecule has 3 aliphatic heterocycles. The summed E-state index contributed by atoms with van der Waals surface area (Å²) in [5.74, 6) is -2.36. The van der Waals surface area contributed by atoms with E-state index in [9.17, 15) is 19.5 Å². The summed E-state index contributed by atoms with van der Waals surface area (Å²) in [6.45, 7) is 11.6. The molecule has 3 fully saturated rings. The second-order valence-electron chi connectivity index (χ2n) is 11.6. The molecule has 0 aliphatic carbocycles. The van der Waals surface area contributed by atoms with Gasteiger partial charge >= 0.3 is 0 Å². The number of amides is 3. The van der Waals surface area contributed by atoms with Gasteiger partial charge in [0.2, 0.25) is 17.7 Å². The zero-order valence-electron chi connectivity index (χ0n) is 21.6. The largest absolute Gasteiger partial charge is 0.394 e. The smallest absolute Gasteiger partial charge is 0.246 e. The molecule has 3 saturated heterocycles. The zero-order valence-corrected chi connectivity index (χ0v) is 21.6. The average molecular weight is 486 g/mol. The Labute approximate surface area is 207 Å². The fraction of sp³-hybridized carbons (Fsp3) is 0.667. The van der Waals surface area contributed by atoms with E-state index in [-0.39, 0.29) is 30.2 Å². The van der Waals surface area contributed by atoms with Crippen molar-refractivity contribution in [2.24, 2.45) is 17.8 Å². The van der Waals surface area contributed by atoms with E-state index in [4.69, 9.17) is 4.74 Å². The van der Waals surface area contributed by atoms with E-state index in [0.29, 0.717) is 19.4 Å². The van der Waals surface area contributed by atoms with E-state index in [1.54, 1.807) is 0 Å². The molecular weight excluding hydrogens is 446 g/mol. The third-order valence-corrected chi connectivity index (χ3v) is 8.17. The number of likely N-dealkylation sites (tertiary alicyclic amines) is 1. The van der Waals surface area contributed by atoms with Crippen LogP contribution in [0.4, 0.5) is 0 Å². The van der Waals surface area contributed by atoms with Crippen LogP contribution < -0.4 is 10.6 Å². The van der Waals surface area contributed by atoms with E-state index in [1.165, 1.54) is 4.90 Å². The second kappa shape index (κ2) is 8.89. The number of rotatable bonds is 7. The summed E-state index contributed by atoms with van der Waals surface area (Å²) in [7, 11) is 0. The van der Waals surface area contributed by atoms with Crippen molar-refractivity contribution >= 4 is 17.7 Å². The number of ether oxygens (including phenoxy) is 1. The van der Waals surface area contributed by atoms with Gasteiger partial charge in [-0.1, -0.05) is 44.2 Å². The van der Waals surface area contributed by atoms with Gasteiger partial charge in [-0.3, -0.25) is 14.4 Å². The molecule has 8 nitrogen and oxygen atoms in total. The number of fused-ring (bicyclic) bond motifs is 1. The Hall–Kier alpha value is -2.45. The number of nitrogens with zero attached hydrogens (tertiary/aromatic N) is 1. The summed E-state index contributed by atoms with van der Waals surface area (Å²) in [5, 5.41) is 16.2. The third-order valence-electron chi connectivity index (χ3n) is 8.17. The maximum absolute atomic E-state index is 14.0. The minimum Gasteiger partial charge on any atom is -0.394 e. The van der Waals surface area contributed by atoms with Gasteiger partial charge in [-0.05, 0) is 52.0 Å². The van der Waals surface area contributed by atoms with E-state index in [0.717, 1.165) is 5.56 Å². The maximum Gasteiger partial charge on any atom is 0.246 e. The number of aliphatic hydroxyl groups excluding tert-OH is 1. The highest BCUT2D eigenvalue weighted by molar-refractivity contribution is 5.99. The van der Waals surface area contributed by atoms with E-state index in [2.05, 4.69) is 10.6 Å². The van der Waals surface area contributed by atoms with Crippen LogP contribution in [0.5, 0.6) is 0 Å². The first-order valence-corrected chi connectivity index (χ1v) is 12.7. The maximum atomic E-state index is 14.0. The van der Waals surface area contributed by atoms with Crippen molar-refractivity contribution in [1.29, 1.82) is 0 Å². The molecule has 0 aromatic heterocycles. The van der Waals surface area contributed by atoms with Gasteiger partial charge in [0, 0.05) is 12.1 Å². The molecule has 3 N–H and O–H groups in total. The second-order valence-corrected chi connectivity index (χ2v) is 11.6. The summed E-state index contributed by atoms with van der Waals surface area (Å²) >= 11 is 0. The lowest BCUT2D eigenvalue weighted by Gasteiger charge is -2.38. The first-order valence-electron chi connectivity index (χ1n) is 12.7. The van der Waals surface area contributed by atoms with Crippen molar-refractivity contribution < 1.29 is 24.2 Å². The molecule has 1 aromatic carbocycles. The molecule has 0 radical (unpaired) electrons. The lowest BCUT2D eigenvalue weighted by molar-refractivity contribution is -0.151. The quantitative estimate of drug-likeness (QED) is 0.548. The van der Waals surface area contributed by atoms with Crippen LogP contribution in [-0.2, 0) is 25.7 Å². The van der Waals surface area contributed by atoms with Gasteiger partial charge in [0.1, 0.15) is 11.6 Å². The van der Waals surface area contributed by atoms with Gasteiger partial charge in [0.15, 0.2) is 0 Å². The van der Waals surface area contributed by atoms with Crippen LogP contribution >= 0.6 is 0 Å². The highest BCUT2D eigenvalue weighted by Crippen LogP contribution is 2.65. The fourth-order valence-corrected chi connectivity index (χ4v) is 6.52. The number of carbonyl (C=O) groups excluding carboxylic acids is 3. The summed E-state index contributed by atoms with van der Waals surface area (Å²) in [6, 6.07) is 8.18. The molecule has 2 bridgehead atoms. The minimum atomic E-state index is -1.11.